The van der Waals surface area contributed by atoms with Crippen molar-refractivity contribution in [2.45, 2.75) is 31.2 Å². The van der Waals surface area contributed by atoms with Gasteiger partial charge in [-0.25, -0.2) is 13.2 Å². The first kappa shape index (κ1) is 12.9. The maximum Gasteiger partial charge on any atom is 0.325 e. The molecule has 3 aliphatic rings. The molecule has 106 valence electrons. The lowest BCUT2D eigenvalue weighted by Crippen LogP contribution is -2.51. The zero-order chi connectivity index (χ0) is 13.8. The summed E-state index contributed by atoms with van der Waals surface area (Å²) in [5.41, 5.74) is -0.714. The normalized spacial score (nSPS) is 26.7. The summed E-state index contributed by atoms with van der Waals surface area (Å²) >= 11 is 0. The zero-order valence-corrected chi connectivity index (χ0v) is 11.7. The van der Waals surface area contributed by atoms with Crippen molar-refractivity contribution in [3.8, 4) is 0 Å². The molecule has 3 fully saturated rings. The number of carbonyl (C=O) groups is 2. The number of rotatable bonds is 5. The first-order chi connectivity index (χ1) is 8.84. The highest BCUT2D eigenvalue weighted by Gasteiger charge is 2.65. The minimum absolute atomic E-state index is 0.0370. The highest BCUT2D eigenvalue weighted by molar-refractivity contribution is 7.90. The average molecular weight is 286 g/mol. The van der Waals surface area contributed by atoms with Crippen LogP contribution in [0, 0.1) is 11.8 Å². The second-order valence-corrected chi connectivity index (χ2v) is 8.19. The molecule has 0 atom stereocenters. The fraction of sp³-hybridized carbons (Fsp3) is 0.833. The van der Waals surface area contributed by atoms with Crippen molar-refractivity contribution in [3.63, 3.8) is 0 Å². The van der Waals surface area contributed by atoms with Crippen molar-refractivity contribution in [1.29, 1.82) is 0 Å². The number of imide groups is 1. The molecule has 19 heavy (non-hydrogen) atoms. The van der Waals surface area contributed by atoms with E-state index in [0.717, 1.165) is 36.8 Å². The Labute approximate surface area is 112 Å². The third-order valence-electron chi connectivity index (χ3n) is 4.29. The number of amides is 3. The maximum absolute atomic E-state index is 12.6. The molecule has 1 saturated heterocycles. The van der Waals surface area contributed by atoms with Gasteiger partial charge >= 0.3 is 6.03 Å². The Hall–Kier alpha value is -1.11. The van der Waals surface area contributed by atoms with E-state index in [-0.39, 0.29) is 30.0 Å². The van der Waals surface area contributed by atoms with Crippen LogP contribution < -0.4 is 5.32 Å². The SMILES string of the molecule is CS(=O)(=O)CCN1C(=O)NC(C2CC2)(C2CC2)C1=O. The highest BCUT2D eigenvalue weighted by Crippen LogP contribution is 2.54. The zero-order valence-electron chi connectivity index (χ0n) is 10.9. The van der Waals surface area contributed by atoms with Gasteiger partial charge in [0.25, 0.3) is 5.91 Å². The van der Waals surface area contributed by atoms with Crippen LogP contribution in [0.3, 0.4) is 0 Å². The van der Waals surface area contributed by atoms with Gasteiger partial charge in [-0.15, -0.1) is 0 Å². The molecule has 6 nitrogen and oxygen atoms in total. The summed E-state index contributed by atoms with van der Waals surface area (Å²) in [7, 11) is -3.18. The lowest BCUT2D eigenvalue weighted by Gasteiger charge is -2.26. The van der Waals surface area contributed by atoms with E-state index in [1.54, 1.807) is 0 Å². The second-order valence-electron chi connectivity index (χ2n) is 5.93. The number of nitrogens with one attached hydrogen (secondary N) is 1. The van der Waals surface area contributed by atoms with Gasteiger partial charge in [0, 0.05) is 12.8 Å². The minimum Gasteiger partial charge on any atom is -0.323 e. The average Bonchev–Trinajstić information content (AvgIpc) is 3.14. The van der Waals surface area contributed by atoms with E-state index in [2.05, 4.69) is 5.32 Å². The largest absolute Gasteiger partial charge is 0.325 e. The van der Waals surface area contributed by atoms with Crippen molar-refractivity contribution in [2.24, 2.45) is 11.8 Å². The molecule has 3 rings (SSSR count). The van der Waals surface area contributed by atoms with Crippen molar-refractivity contribution in [1.82, 2.24) is 10.2 Å². The molecule has 2 saturated carbocycles. The lowest BCUT2D eigenvalue weighted by molar-refractivity contribution is -0.132. The Morgan fingerprint density at radius 3 is 2.16 bits per heavy atom. The molecular formula is C12H18N2O4S. The number of carbonyl (C=O) groups excluding carboxylic acids is 2. The third-order valence-corrected chi connectivity index (χ3v) is 5.21. The molecule has 3 amide bonds. The van der Waals surface area contributed by atoms with Gasteiger partial charge in [0.15, 0.2) is 0 Å². The quantitative estimate of drug-likeness (QED) is 0.729. The summed E-state index contributed by atoms with van der Waals surface area (Å²) in [4.78, 5) is 25.6. The first-order valence-electron chi connectivity index (χ1n) is 6.66. The van der Waals surface area contributed by atoms with Gasteiger partial charge in [-0.1, -0.05) is 0 Å². The van der Waals surface area contributed by atoms with Crippen LogP contribution in [0.2, 0.25) is 0 Å². The maximum atomic E-state index is 12.6. The molecule has 1 heterocycles. The number of urea groups is 1. The van der Waals surface area contributed by atoms with Crippen LogP contribution in [0.1, 0.15) is 25.7 Å². The molecule has 0 spiro atoms. The number of hydrogen-bond donors (Lipinski definition) is 1. The molecule has 0 bridgehead atoms. The number of sulfone groups is 1. The predicted molar refractivity (Wildman–Crippen MR) is 68.1 cm³/mol. The number of hydrogen-bond acceptors (Lipinski definition) is 4. The molecule has 0 aromatic heterocycles. The molecule has 1 N–H and O–H groups in total. The van der Waals surface area contributed by atoms with E-state index < -0.39 is 21.4 Å². The Balaban J connectivity index is 1.80. The van der Waals surface area contributed by atoms with Crippen LogP contribution in [0.5, 0.6) is 0 Å². The lowest BCUT2D eigenvalue weighted by atomic mass is 9.87. The molecule has 0 aromatic carbocycles. The Kier molecular flexibility index (Phi) is 2.68. The van der Waals surface area contributed by atoms with Gasteiger partial charge in [0.2, 0.25) is 0 Å². The summed E-state index contributed by atoms with van der Waals surface area (Å²) in [5, 5.41) is 2.87. The van der Waals surface area contributed by atoms with Crippen LogP contribution >= 0.6 is 0 Å². The fourth-order valence-corrected chi connectivity index (χ4v) is 3.55. The van der Waals surface area contributed by atoms with Gasteiger partial charge < -0.3 is 5.32 Å². The molecule has 2 aliphatic carbocycles. The van der Waals surface area contributed by atoms with E-state index >= 15 is 0 Å². The standard InChI is InChI=1S/C12H18N2O4S/c1-19(17,18)7-6-14-10(15)12(8-2-3-8,9-4-5-9)13-11(14)16/h8-9H,2-7H2,1H3,(H,13,16). The molecule has 0 aromatic rings. The number of nitrogens with zero attached hydrogens (tertiary/aromatic N) is 1. The van der Waals surface area contributed by atoms with Crippen molar-refractivity contribution in [3.05, 3.63) is 0 Å². The fourth-order valence-electron chi connectivity index (χ4n) is 3.04. The van der Waals surface area contributed by atoms with E-state index in [9.17, 15) is 18.0 Å². The molecule has 0 radical (unpaired) electrons. The van der Waals surface area contributed by atoms with Gasteiger partial charge in [0.05, 0.1) is 5.75 Å². The Morgan fingerprint density at radius 2 is 1.74 bits per heavy atom. The highest BCUT2D eigenvalue weighted by atomic mass is 32.2. The van der Waals surface area contributed by atoms with Crippen molar-refractivity contribution < 1.29 is 18.0 Å². The third kappa shape index (κ3) is 2.13. The summed E-state index contributed by atoms with van der Waals surface area (Å²) in [6.45, 7) is -0.0370. The Morgan fingerprint density at radius 1 is 1.21 bits per heavy atom. The van der Waals surface area contributed by atoms with Crippen LogP contribution in [0.25, 0.3) is 0 Å². The Bertz CT molecular complexity index is 522. The first-order valence-corrected chi connectivity index (χ1v) is 8.72. The summed E-state index contributed by atoms with van der Waals surface area (Å²) < 4.78 is 22.4. The smallest absolute Gasteiger partial charge is 0.323 e. The molecule has 1 aliphatic heterocycles. The second kappa shape index (κ2) is 3.94. The minimum atomic E-state index is -3.18. The molecule has 0 unspecified atom stereocenters. The van der Waals surface area contributed by atoms with Crippen molar-refractivity contribution >= 4 is 21.8 Å². The van der Waals surface area contributed by atoms with Gasteiger partial charge in [0.1, 0.15) is 15.4 Å². The summed E-state index contributed by atoms with van der Waals surface area (Å²) in [6, 6.07) is -0.424. The molecular weight excluding hydrogens is 268 g/mol. The van der Waals surface area contributed by atoms with E-state index in [4.69, 9.17) is 0 Å². The van der Waals surface area contributed by atoms with E-state index in [1.807, 2.05) is 0 Å². The predicted octanol–water partition coefficient (Wildman–Crippen LogP) is 0.142. The monoisotopic (exact) mass is 286 g/mol. The summed E-state index contributed by atoms with van der Waals surface area (Å²) in [6.07, 6.45) is 5.01. The van der Waals surface area contributed by atoms with Crippen molar-refractivity contribution in [2.75, 3.05) is 18.6 Å². The van der Waals surface area contributed by atoms with Gasteiger partial charge in [-0.3, -0.25) is 9.69 Å². The summed E-state index contributed by atoms with van der Waals surface area (Å²) in [5.74, 6) is 0.128. The van der Waals surface area contributed by atoms with Crippen LogP contribution in [-0.4, -0.2) is 49.3 Å². The van der Waals surface area contributed by atoms with Gasteiger partial charge in [-0.05, 0) is 37.5 Å². The topological polar surface area (TPSA) is 83.6 Å². The van der Waals surface area contributed by atoms with Crippen LogP contribution in [0.4, 0.5) is 4.79 Å². The molecule has 7 heteroatoms. The van der Waals surface area contributed by atoms with Crippen LogP contribution in [-0.2, 0) is 14.6 Å². The van der Waals surface area contributed by atoms with E-state index in [1.165, 1.54) is 0 Å². The van der Waals surface area contributed by atoms with Crippen LogP contribution in [0.15, 0.2) is 0 Å². The van der Waals surface area contributed by atoms with E-state index in [0.29, 0.717) is 0 Å². The van der Waals surface area contributed by atoms with Gasteiger partial charge in [-0.2, -0.15) is 0 Å².